The molecular weight excluding hydrogens is 687 g/mol. The highest BCUT2D eigenvalue weighted by atomic mass is 32.1. The van der Waals surface area contributed by atoms with Crippen LogP contribution in [0.5, 0.6) is 0 Å². The SMILES string of the molecule is c1ccc(-c2ccc3cc(N(c4ccc(-c5cccc6c5sc5ccccc56)cc4)c4c(-c5ccccc5)ccc5c4oc4ccccc45)ccc3c2)cc1. The molecule has 11 rings (SSSR count). The van der Waals surface area contributed by atoms with Crippen molar-refractivity contribution in [2.75, 3.05) is 4.90 Å². The van der Waals surface area contributed by atoms with Crippen LogP contribution in [0, 0.1) is 0 Å². The molecule has 0 saturated carbocycles. The third-order valence-corrected chi connectivity index (χ3v) is 12.1. The van der Waals surface area contributed by atoms with Gasteiger partial charge in [0.2, 0.25) is 0 Å². The number of anilines is 3. The van der Waals surface area contributed by atoms with Crippen molar-refractivity contribution >= 4 is 81.3 Å². The van der Waals surface area contributed by atoms with Crippen LogP contribution in [-0.4, -0.2) is 0 Å². The largest absolute Gasteiger partial charge is 0.454 e. The van der Waals surface area contributed by atoms with Crippen LogP contribution in [0.3, 0.4) is 0 Å². The van der Waals surface area contributed by atoms with Crippen molar-refractivity contribution in [3.63, 3.8) is 0 Å². The molecule has 0 bridgehead atoms. The summed E-state index contributed by atoms with van der Waals surface area (Å²) in [5.41, 5.74) is 12.0. The van der Waals surface area contributed by atoms with Gasteiger partial charge in [0, 0.05) is 47.9 Å². The fourth-order valence-corrected chi connectivity index (χ4v) is 9.44. The van der Waals surface area contributed by atoms with E-state index in [9.17, 15) is 0 Å². The van der Waals surface area contributed by atoms with Crippen molar-refractivity contribution in [1.29, 1.82) is 0 Å². The number of rotatable bonds is 6. The lowest BCUT2D eigenvalue weighted by Crippen LogP contribution is -2.11. The van der Waals surface area contributed by atoms with Crippen LogP contribution in [0.15, 0.2) is 205 Å². The maximum Gasteiger partial charge on any atom is 0.160 e. The van der Waals surface area contributed by atoms with Gasteiger partial charge in [0.25, 0.3) is 0 Å². The number of hydrogen-bond donors (Lipinski definition) is 0. The summed E-state index contributed by atoms with van der Waals surface area (Å²) in [4.78, 5) is 2.39. The minimum absolute atomic E-state index is 0.862. The Morgan fingerprint density at radius 1 is 0.382 bits per heavy atom. The minimum atomic E-state index is 0.862. The van der Waals surface area contributed by atoms with Crippen LogP contribution in [0.4, 0.5) is 17.1 Å². The highest BCUT2D eigenvalue weighted by molar-refractivity contribution is 7.26. The van der Waals surface area contributed by atoms with Crippen LogP contribution in [0.25, 0.3) is 86.3 Å². The van der Waals surface area contributed by atoms with E-state index in [-0.39, 0.29) is 0 Å². The summed E-state index contributed by atoms with van der Waals surface area (Å²) in [6.07, 6.45) is 0. The number of hydrogen-bond acceptors (Lipinski definition) is 3. The van der Waals surface area contributed by atoms with E-state index in [1.165, 1.54) is 53.2 Å². The van der Waals surface area contributed by atoms with Crippen molar-refractivity contribution in [2.24, 2.45) is 0 Å². The second kappa shape index (κ2) is 12.9. The molecule has 0 aliphatic rings. The van der Waals surface area contributed by atoms with Gasteiger partial charge in [-0.25, -0.2) is 0 Å². The van der Waals surface area contributed by atoms with Gasteiger partial charge in [0.1, 0.15) is 5.58 Å². The zero-order chi connectivity index (χ0) is 36.3. The molecule has 2 nitrogen and oxygen atoms in total. The average molecular weight is 720 g/mol. The number of furan rings is 1. The van der Waals surface area contributed by atoms with Crippen LogP contribution in [-0.2, 0) is 0 Å². The molecule has 0 aliphatic heterocycles. The zero-order valence-corrected chi connectivity index (χ0v) is 30.6. The molecule has 55 heavy (non-hydrogen) atoms. The Bertz CT molecular complexity index is 3190. The van der Waals surface area contributed by atoms with E-state index in [0.29, 0.717) is 0 Å². The molecule has 0 radical (unpaired) electrons. The minimum Gasteiger partial charge on any atom is -0.454 e. The monoisotopic (exact) mass is 719 g/mol. The number of thiophene rings is 1. The molecule has 2 heterocycles. The lowest BCUT2D eigenvalue weighted by Gasteiger charge is -2.28. The molecule has 0 aliphatic carbocycles. The molecule has 9 aromatic carbocycles. The van der Waals surface area contributed by atoms with E-state index < -0.39 is 0 Å². The molecule has 0 spiro atoms. The second-order valence-electron chi connectivity index (χ2n) is 14.1. The van der Waals surface area contributed by atoms with Crippen molar-refractivity contribution in [3.8, 4) is 33.4 Å². The normalized spacial score (nSPS) is 11.6. The predicted molar refractivity (Wildman–Crippen MR) is 235 cm³/mol. The molecule has 0 N–H and O–H groups in total. The molecule has 0 amide bonds. The van der Waals surface area contributed by atoms with E-state index in [1.807, 2.05) is 17.4 Å². The third kappa shape index (κ3) is 5.32. The van der Waals surface area contributed by atoms with Gasteiger partial charge in [-0.05, 0) is 87.1 Å². The molecule has 0 unspecified atom stereocenters. The van der Waals surface area contributed by atoms with E-state index in [2.05, 4.69) is 199 Å². The van der Waals surface area contributed by atoms with E-state index in [0.717, 1.165) is 50.1 Å². The van der Waals surface area contributed by atoms with E-state index >= 15 is 0 Å². The van der Waals surface area contributed by atoms with E-state index in [1.54, 1.807) is 0 Å². The van der Waals surface area contributed by atoms with Gasteiger partial charge in [-0.1, -0.05) is 152 Å². The van der Waals surface area contributed by atoms with Crippen molar-refractivity contribution < 1.29 is 4.42 Å². The summed E-state index contributed by atoms with van der Waals surface area (Å²) in [6, 6.07) is 72.1. The fourth-order valence-electron chi connectivity index (χ4n) is 8.20. The Kier molecular flexibility index (Phi) is 7.39. The summed E-state index contributed by atoms with van der Waals surface area (Å²) in [5.74, 6) is 0. The first kappa shape index (κ1) is 31.6. The first-order valence-corrected chi connectivity index (χ1v) is 19.5. The summed E-state index contributed by atoms with van der Waals surface area (Å²) in [6.45, 7) is 0. The summed E-state index contributed by atoms with van der Waals surface area (Å²) in [7, 11) is 0. The topological polar surface area (TPSA) is 16.4 Å². The smallest absolute Gasteiger partial charge is 0.160 e. The predicted octanol–water partition coefficient (Wildman–Crippen LogP) is 15.6. The van der Waals surface area contributed by atoms with Gasteiger partial charge in [0.05, 0.1) is 5.69 Å². The van der Waals surface area contributed by atoms with Gasteiger partial charge in [0.15, 0.2) is 5.58 Å². The standard InChI is InChI=1S/C52H33NOS/c1-3-12-34(13-4-1)37-22-23-39-33-41(29-26-38(39)32-37)53(40-27-24-36(25-28-40)43-18-11-19-47-45-17-8-10-21-49(45)55-52(43)47)50-42(35-14-5-2-6-15-35)30-31-46-44-16-7-9-20-48(44)54-51(46)50/h1-33H. The van der Waals surface area contributed by atoms with E-state index in [4.69, 9.17) is 4.42 Å². The summed E-state index contributed by atoms with van der Waals surface area (Å²) in [5, 5.41) is 7.19. The van der Waals surface area contributed by atoms with Crippen molar-refractivity contribution in [1.82, 2.24) is 0 Å². The summed E-state index contributed by atoms with van der Waals surface area (Å²) >= 11 is 1.87. The molecule has 0 fully saturated rings. The molecule has 0 saturated heterocycles. The van der Waals surface area contributed by atoms with Gasteiger partial charge in [-0.3, -0.25) is 0 Å². The molecule has 11 aromatic rings. The van der Waals surface area contributed by atoms with Gasteiger partial charge in [-0.15, -0.1) is 11.3 Å². The van der Waals surface area contributed by atoms with Gasteiger partial charge in [-0.2, -0.15) is 0 Å². The van der Waals surface area contributed by atoms with Crippen molar-refractivity contribution in [3.05, 3.63) is 200 Å². The Morgan fingerprint density at radius 3 is 1.85 bits per heavy atom. The van der Waals surface area contributed by atoms with Crippen molar-refractivity contribution in [2.45, 2.75) is 0 Å². The average Bonchev–Trinajstić information content (AvgIpc) is 3.83. The number of fused-ring (bicyclic) bond motifs is 7. The Hall–Kier alpha value is -6.94. The van der Waals surface area contributed by atoms with Crippen LogP contribution >= 0.6 is 11.3 Å². The Labute approximate surface area is 322 Å². The first-order valence-electron chi connectivity index (χ1n) is 18.7. The highest BCUT2D eigenvalue weighted by Crippen LogP contribution is 2.48. The quantitative estimate of drug-likeness (QED) is 0.170. The number of nitrogens with zero attached hydrogens (tertiary/aromatic N) is 1. The fraction of sp³-hybridized carbons (Fsp3) is 0. The molecule has 258 valence electrons. The summed E-state index contributed by atoms with van der Waals surface area (Å²) < 4.78 is 9.48. The highest BCUT2D eigenvalue weighted by Gasteiger charge is 2.24. The first-order chi connectivity index (χ1) is 27.3. The van der Waals surface area contributed by atoms with Gasteiger partial charge >= 0.3 is 0 Å². The maximum absolute atomic E-state index is 6.85. The maximum atomic E-state index is 6.85. The molecular formula is C52H33NOS. The van der Waals surface area contributed by atoms with Crippen LogP contribution in [0.2, 0.25) is 0 Å². The van der Waals surface area contributed by atoms with Crippen LogP contribution in [0.1, 0.15) is 0 Å². The lowest BCUT2D eigenvalue weighted by molar-refractivity contribution is 0.669. The Morgan fingerprint density at radius 2 is 1.02 bits per heavy atom. The number of benzene rings is 9. The second-order valence-corrected chi connectivity index (χ2v) is 15.1. The zero-order valence-electron chi connectivity index (χ0n) is 29.8. The molecule has 3 heteroatoms. The Balaban J connectivity index is 1.14. The number of para-hydroxylation sites is 1. The molecule has 0 atom stereocenters. The molecule has 2 aromatic heterocycles. The van der Waals surface area contributed by atoms with Gasteiger partial charge < -0.3 is 9.32 Å². The third-order valence-electron chi connectivity index (χ3n) is 10.9. The van der Waals surface area contributed by atoms with Crippen LogP contribution < -0.4 is 4.90 Å². The lowest BCUT2D eigenvalue weighted by atomic mass is 9.97.